The molecular formula is C18H9ClF3NO3. The second-order valence-corrected chi connectivity index (χ2v) is 5.94. The number of benzene rings is 2. The Morgan fingerprint density at radius 3 is 2.42 bits per heavy atom. The van der Waals surface area contributed by atoms with Crippen molar-refractivity contribution in [2.45, 2.75) is 12.3 Å². The maximum Gasteiger partial charge on any atom is 0.430 e. The standard InChI is InChI=1S/C18H9ClF3NO3/c19-12-5-11-6-14(17(24)25)16(18(20,21)22)26-15(11)13(7-12)10-3-1-9(8-23)2-4-10/h1-7,16H,(H,24,25). The van der Waals surface area contributed by atoms with Crippen molar-refractivity contribution in [3.8, 4) is 22.9 Å². The van der Waals surface area contributed by atoms with Crippen LogP contribution in [0.2, 0.25) is 5.02 Å². The highest BCUT2D eigenvalue weighted by Gasteiger charge is 2.48. The van der Waals surface area contributed by atoms with E-state index in [0.717, 1.165) is 6.08 Å². The van der Waals surface area contributed by atoms with Crippen molar-refractivity contribution in [2.24, 2.45) is 0 Å². The first-order chi connectivity index (χ1) is 12.2. The highest BCUT2D eigenvalue weighted by Crippen LogP contribution is 2.44. The van der Waals surface area contributed by atoms with Crippen LogP contribution in [0.5, 0.6) is 5.75 Å². The lowest BCUT2D eigenvalue weighted by Crippen LogP contribution is -2.40. The molecule has 2 aromatic carbocycles. The number of halogens is 4. The monoisotopic (exact) mass is 379 g/mol. The van der Waals surface area contributed by atoms with E-state index >= 15 is 0 Å². The summed E-state index contributed by atoms with van der Waals surface area (Å²) in [5.74, 6) is -1.84. The summed E-state index contributed by atoms with van der Waals surface area (Å²) >= 11 is 6.04. The molecule has 0 aromatic heterocycles. The molecule has 1 heterocycles. The molecule has 0 spiro atoms. The van der Waals surface area contributed by atoms with Crippen molar-refractivity contribution in [1.29, 1.82) is 5.26 Å². The number of aliphatic carboxylic acids is 1. The molecule has 0 radical (unpaired) electrons. The Morgan fingerprint density at radius 2 is 1.88 bits per heavy atom. The van der Waals surface area contributed by atoms with Crippen LogP contribution in [-0.2, 0) is 4.79 Å². The third kappa shape index (κ3) is 3.24. The minimum Gasteiger partial charge on any atom is -0.478 e. The molecule has 2 aromatic rings. The predicted molar refractivity (Wildman–Crippen MR) is 87.7 cm³/mol. The molecule has 1 unspecified atom stereocenters. The summed E-state index contributed by atoms with van der Waals surface area (Å²) in [6.45, 7) is 0. The van der Waals surface area contributed by atoms with Crippen molar-refractivity contribution in [3.63, 3.8) is 0 Å². The Morgan fingerprint density at radius 1 is 1.23 bits per heavy atom. The molecule has 0 saturated heterocycles. The van der Waals surface area contributed by atoms with Gasteiger partial charge in [-0.15, -0.1) is 0 Å². The Hall–Kier alpha value is -2.98. The van der Waals surface area contributed by atoms with Gasteiger partial charge in [0.2, 0.25) is 6.10 Å². The largest absolute Gasteiger partial charge is 0.478 e. The summed E-state index contributed by atoms with van der Waals surface area (Å²) in [6, 6.07) is 10.8. The SMILES string of the molecule is N#Cc1ccc(-c2cc(Cl)cc3c2OC(C(F)(F)F)C(C(=O)O)=C3)cc1. The average Bonchev–Trinajstić information content (AvgIpc) is 2.59. The first kappa shape index (κ1) is 17.8. The number of nitrogens with zero attached hydrogens (tertiary/aromatic N) is 1. The van der Waals surface area contributed by atoms with Crippen LogP contribution in [0, 0.1) is 11.3 Å². The molecule has 0 amide bonds. The van der Waals surface area contributed by atoms with Gasteiger partial charge in [-0.1, -0.05) is 23.7 Å². The van der Waals surface area contributed by atoms with Gasteiger partial charge in [0.05, 0.1) is 17.2 Å². The molecule has 1 N–H and O–H groups in total. The summed E-state index contributed by atoms with van der Waals surface area (Å²) in [5.41, 5.74) is 0.349. The van der Waals surface area contributed by atoms with E-state index in [9.17, 15) is 18.0 Å². The van der Waals surface area contributed by atoms with Gasteiger partial charge in [-0.3, -0.25) is 0 Å². The van der Waals surface area contributed by atoms with Crippen molar-refractivity contribution >= 4 is 23.6 Å². The molecule has 1 aliphatic rings. The van der Waals surface area contributed by atoms with E-state index < -0.39 is 23.8 Å². The number of alkyl halides is 3. The number of rotatable bonds is 2. The highest BCUT2D eigenvalue weighted by molar-refractivity contribution is 6.31. The van der Waals surface area contributed by atoms with E-state index in [1.165, 1.54) is 24.3 Å². The van der Waals surface area contributed by atoms with Gasteiger partial charge in [0, 0.05) is 16.1 Å². The van der Waals surface area contributed by atoms with Gasteiger partial charge in [-0.05, 0) is 35.9 Å². The summed E-state index contributed by atoms with van der Waals surface area (Å²) in [6.07, 6.45) is -6.58. The third-order valence-corrected chi connectivity index (χ3v) is 4.00. The van der Waals surface area contributed by atoms with Crippen LogP contribution in [0.25, 0.3) is 17.2 Å². The van der Waals surface area contributed by atoms with Gasteiger partial charge in [0.1, 0.15) is 5.75 Å². The Labute approximate surface area is 150 Å². The number of hydrogen-bond donors (Lipinski definition) is 1. The molecule has 0 saturated carbocycles. The predicted octanol–water partition coefficient (Wildman–Crippen LogP) is 4.67. The number of fused-ring (bicyclic) bond motifs is 1. The van der Waals surface area contributed by atoms with E-state index in [4.69, 9.17) is 26.7 Å². The number of carbonyl (C=O) groups is 1. The maximum absolute atomic E-state index is 13.3. The number of nitriles is 1. The van der Waals surface area contributed by atoms with Crippen LogP contribution in [0.15, 0.2) is 42.0 Å². The van der Waals surface area contributed by atoms with Crippen molar-refractivity contribution in [2.75, 3.05) is 0 Å². The fourth-order valence-corrected chi connectivity index (χ4v) is 2.86. The summed E-state index contributed by atoms with van der Waals surface area (Å²) in [7, 11) is 0. The molecular weight excluding hydrogens is 371 g/mol. The minimum absolute atomic E-state index is 0.119. The second-order valence-electron chi connectivity index (χ2n) is 5.51. The minimum atomic E-state index is -4.90. The molecule has 26 heavy (non-hydrogen) atoms. The van der Waals surface area contributed by atoms with Crippen LogP contribution in [0.1, 0.15) is 11.1 Å². The molecule has 132 valence electrons. The van der Waals surface area contributed by atoms with Crippen molar-refractivity contribution < 1.29 is 27.8 Å². The normalized spacial score (nSPS) is 16.1. The maximum atomic E-state index is 13.3. The number of carboxylic acid groups (broad SMARTS) is 1. The number of hydrogen-bond acceptors (Lipinski definition) is 3. The smallest absolute Gasteiger partial charge is 0.430 e. The Kier molecular flexibility index (Phi) is 4.38. The van der Waals surface area contributed by atoms with E-state index in [-0.39, 0.29) is 21.9 Å². The van der Waals surface area contributed by atoms with E-state index in [0.29, 0.717) is 11.1 Å². The Bertz CT molecular complexity index is 959. The van der Waals surface area contributed by atoms with Crippen LogP contribution in [-0.4, -0.2) is 23.4 Å². The summed E-state index contributed by atoms with van der Waals surface area (Å²) in [4.78, 5) is 11.2. The number of ether oxygens (including phenoxy) is 1. The van der Waals surface area contributed by atoms with Gasteiger partial charge in [-0.25, -0.2) is 4.79 Å². The molecule has 4 nitrogen and oxygen atoms in total. The molecule has 0 aliphatic carbocycles. The zero-order chi connectivity index (χ0) is 19.1. The lowest BCUT2D eigenvalue weighted by Gasteiger charge is -2.28. The van der Waals surface area contributed by atoms with Crippen LogP contribution in [0.3, 0.4) is 0 Å². The lowest BCUT2D eigenvalue weighted by molar-refractivity contribution is -0.187. The highest BCUT2D eigenvalue weighted by atomic mass is 35.5. The van der Waals surface area contributed by atoms with Crippen LogP contribution >= 0.6 is 11.6 Å². The fourth-order valence-electron chi connectivity index (χ4n) is 2.63. The Balaban J connectivity index is 2.20. The first-order valence-electron chi connectivity index (χ1n) is 7.23. The number of carboxylic acids is 1. The quantitative estimate of drug-likeness (QED) is 0.823. The molecule has 1 atom stereocenters. The summed E-state index contributed by atoms with van der Waals surface area (Å²) < 4.78 is 44.9. The van der Waals surface area contributed by atoms with Crippen molar-refractivity contribution in [1.82, 2.24) is 0 Å². The third-order valence-electron chi connectivity index (χ3n) is 3.78. The second kappa shape index (κ2) is 6.39. The molecule has 3 rings (SSSR count). The van der Waals surface area contributed by atoms with E-state index in [1.807, 2.05) is 6.07 Å². The van der Waals surface area contributed by atoms with Gasteiger partial charge in [0.15, 0.2) is 0 Å². The topological polar surface area (TPSA) is 70.3 Å². The first-order valence-corrected chi connectivity index (χ1v) is 7.61. The van der Waals surface area contributed by atoms with Crippen LogP contribution in [0.4, 0.5) is 13.2 Å². The van der Waals surface area contributed by atoms with Crippen molar-refractivity contribution in [3.05, 3.63) is 58.1 Å². The fraction of sp³-hybridized carbons (Fsp3) is 0.111. The molecule has 8 heteroatoms. The van der Waals surface area contributed by atoms with E-state index in [1.54, 1.807) is 12.1 Å². The molecule has 0 fully saturated rings. The van der Waals surface area contributed by atoms with Gasteiger partial charge in [0.25, 0.3) is 0 Å². The molecule has 0 bridgehead atoms. The zero-order valence-corrected chi connectivity index (χ0v) is 13.6. The van der Waals surface area contributed by atoms with Crippen LogP contribution < -0.4 is 4.74 Å². The zero-order valence-electron chi connectivity index (χ0n) is 12.8. The summed E-state index contributed by atoms with van der Waals surface area (Å²) in [5, 5.41) is 18.2. The molecule has 1 aliphatic heterocycles. The van der Waals surface area contributed by atoms with Gasteiger partial charge < -0.3 is 9.84 Å². The lowest BCUT2D eigenvalue weighted by atomic mass is 9.95. The van der Waals surface area contributed by atoms with Gasteiger partial charge >= 0.3 is 12.1 Å². The average molecular weight is 380 g/mol. The van der Waals surface area contributed by atoms with Gasteiger partial charge in [-0.2, -0.15) is 18.4 Å². The van der Waals surface area contributed by atoms with E-state index in [2.05, 4.69) is 0 Å².